The first kappa shape index (κ1) is 20.9. The number of esters is 1. The summed E-state index contributed by atoms with van der Waals surface area (Å²) in [7, 11) is 1.70. The molecule has 0 radical (unpaired) electrons. The molecule has 2 aliphatic carbocycles. The first-order valence-corrected chi connectivity index (χ1v) is 12.0. The highest BCUT2D eigenvalue weighted by molar-refractivity contribution is 5.76. The molecule has 0 amide bonds. The average Bonchev–Trinajstić information content (AvgIpc) is 3.06. The highest BCUT2D eigenvalue weighted by Gasteiger charge is 2.53. The fourth-order valence-electron chi connectivity index (χ4n) is 6.58. The van der Waals surface area contributed by atoms with Gasteiger partial charge in [0.1, 0.15) is 11.9 Å². The van der Waals surface area contributed by atoms with E-state index in [1.807, 2.05) is 12.1 Å². The molecule has 1 aromatic carbocycles. The summed E-state index contributed by atoms with van der Waals surface area (Å²) < 4.78 is 11.2. The number of anilines is 1. The maximum atomic E-state index is 12.9. The van der Waals surface area contributed by atoms with Gasteiger partial charge >= 0.3 is 5.97 Å². The predicted molar refractivity (Wildman–Crippen MR) is 122 cm³/mol. The van der Waals surface area contributed by atoms with Crippen molar-refractivity contribution in [3.05, 3.63) is 35.4 Å². The fourth-order valence-corrected chi connectivity index (χ4v) is 6.58. The Labute approximate surface area is 186 Å². The Kier molecular flexibility index (Phi) is 5.49. The van der Waals surface area contributed by atoms with Crippen LogP contribution in [0.25, 0.3) is 0 Å². The van der Waals surface area contributed by atoms with Crippen molar-refractivity contribution in [2.45, 2.75) is 52.1 Å². The van der Waals surface area contributed by atoms with Crippen molar-refractivity contribution in [1.82, 2.24) is 4.90 Å². The number of hydrogen-bond acceptors (Lipinski definition) is 5. The molecule has 5 nitrogen and oxygen atoms in total. The molecule has 5 heteroatoms. The summed E-state index contributed by atoms with van der Waals surface area (Å²) in [6.45, 7) is 9.53. The number of allylic oxidation sites excluding steroid dienone is 2. The van der Waals surface area contributed by atoms with Gasteiger partial charge in [-0.1, -0.05) is 18.1 Å². The third-order valence-electron chi connectivity index (χ3n) is 8.44. The van der Waals surface area contributed by atoms with Crippen LogP contribution < -0.4 is 9.64 Å². The fraction of sp³-hybridized carbons (Fsp3) is 0.654. The predicted octanol–water partition coefficient (Wildman–Crippen LogP) is 4.28. The number of methoxy groups -OCH3 is 1. The minimum Gasteiger partial charge on any atom is -0.497 e. The van der Waals surface area contributed by atoms with Gasteiger partial charge in [0.2, 0.25) is 0 Å². The van der Waals surface area contributed by atoms with E-state index in [0.29, 0.717) is 5.92 Å². The molecule has 2 heterocycles. The molecule has 31 heavy (non-hydrogen) atoms. The Bertz CT molecular complexity index is 856. The van der Waals surface area contributed by atoms with Crippen LogP contribution in [0.15, 0.2) is 35.4 Å². The van der Waals surface area contributed by atoms with Gasteiger partial charge in [-0.2, -0.15) is 0 Å². The van der Waals surface area contributed by atoms with Crippen molar-refractivity contribution >= 4 is 11.7 Å². The average molecular weight is 425 g/mol. The van der Waals surface area contributed by atoms with Crippen LogP contribution in [0.4, 0.5) is 5.69 Å². The Hall–Kier alpha value is -2.01. The van der Waals surface area contributed by atoms with Gasteiger partial charge in [-0.3, -0.25) is 9.69 Å². The molecule has 168 valence electrons. The molecule has 5 rings (SSSR count). The first-order valence-electron chi connectivity index (χ1n) is 12.0. The van der Waals surface area contributed by atoms with Crippen LogP contribution in [0.2, 0.25) is 0 Å². The van der Waals surface area contributed by atoms with Gasteiger partial charge in [-0.15, -0.1) is 0 Å². The zero-order valence-electron chi connectivity index (χ0n) is 19.2. The van der Waals surface area contributed by atoms with Gasteiger partial charge in [0.15, 0.2) is 0 Å². The number of nitrogens with zero attached hydrogens (tertiary/aromatic N) is 2. The topological polar surface area (TPSA) is 42.0 Å². The van der Waals surface area contributed by atoms with Crippen LogP contribution in [0, 0.1) is 17.3 Å². The van der Waals surface area contributed by atoms with Crippen LogP contribution in [0.3, 0.4) is 0 Å². The molecular weight excluding hydrogens is 388 g/mol. The normalized spacial score (nSPS) is 33.7. The van der Waals surface area contributed by atoms with Gasteiger partial charge in [0.05, 0.1) is 13.0 Å². The number of carbonyl (C=O) groups excluding carboxylic acids is 1. The van der Waals surface area contributed by atoms with Gasteiger partial charge in [-0.05, 0) is 68.7 Å². The highest BCUT2D eigenvalue weighted by atomic mass is 16.6. The van der Waals surface area contributed by atoms with Crippen LogP contribution in [-0.2, 0) is 9.53 Å². The van der Waals surface area contributed by atoms with Crippen LogP contribution in [-0.4, -0.2) is 56.8 Å². The van der Waals surface area contributed by atoms with E-state index in [0.717, 1.165) is 51.3 Å². The second kappa shape index (κ2) is 8.16. The Morgan fingerprint density at radius 1 is 1.16 bits per heavy atom. The number of ether oxygens (including phenoxy) is 2. The molecule has 3 fully saturated rings. The van der Waals surface area contributed by atoms with Crippen molar-refractivity contribution in [3.8, 4) is 5.75 Å². The standard InChI is InChI=1S/C26H36N2O3/c1-18-5-4-10-26(2)16-24-21(15-23(18)26)22(25(29)31-24)17-27-11-13-28(14-12-27)19-6-8-20(30-3)9-7-19/h6-9,21-22,24H,4-5,10-17H2,1-3H3. The summed E-state index contributed by atoms with van der Waals surface area (Å²) >= 11 is 0. The number of piperazine rings is 1. The third kappa shape index (κ3) is 3.86. The van der Waals surface area contributed by atoms with E-state index in [-0.39, 0.29) is 23.4 Å². The van der Waals surface area contributed by atoms with Crippen molar-refractivity contribution < 1.29 is 14.3 Å². The van der Waals surface area contributed by atoms with Gasteiger partial charge in [0.25, 0.3) is 0 Å². The largest absolute Gasteiger partial charge is 0.497 e. The van der Waals surface area contributed by atoms with Gasteiger partial charge in [-0.25, -0.2) is 0 Å². The summed E-state index contributed by atoms with van der Waals surface area (Å²) in [4.78, 5) is 17.8. The zero-order chi connectivity index (χ0) is 21.6. The molecule has 4 aliphatic rings. The van der Waals surface area contributed by atoms with E-state index >= 15 is 0 Å². The molecule has 4 unspecified atom stereocenters. The summed E-state index contributed by atoms with van der Waals surface area (Å²) in [5.41, 5.74) is 4.72. The summed E-state index contributed by atoms with van der Waals surface area (Å²) in [6, 6.07) is 8.31. The van der Waals surface area contributed by atoms with E-state index < -0.39 is 0 Å². The van der Waals surface area contributed by atoms with E-state index in [9.17, 15) is 4.79 Å². The van der Waals surface area contributed by atoms with Crippen LogP contribution in [0.1, 0.15) is 46.0 Å². The summed E-state index contributed by atoms with van der Waals surface area (Å²) in [5.74, 6) is 1.34. The second-order valence-electron chi connectivity index (χ2n) is 10.3. The molecule has 2 saturated heterocycles. The smallest absolute Gasteiger partial charge is 0.310 e. The molecule has 4 atom stereocenters. The van der Waals surface area contributed by atoms with Crippen molar-refractivity contribution in [2.24, 2.45) is 17.3 Å². The second-order valence-corrected chi connectivity index (χ2v) is 10.3. The maximum absolute atomic E-state index is 12.9. The highest BCUT2D eigenvalue weighted by Crippen LogP contribution is 2.55. The minimum atomic E-state index is 0.0318. The molecule has 1 saturated carbocycles. The SMILES string of the molecule is COc1ccc(N2CCN(CC3C(=O)OC4CC5(C)CCCC(C)=C5CC43)CC2)cc1. The lowest BCUT2D eigenvalue weighted by Gasteiger charge is -2.46. The van der Waals surface area contributed by atoms with Gasteiger partial charge in [0, 0.05) is 44.3 Å². The lowest BCUT2D eigenvalue weighted by Crippen LogP contribution is -2.49. The number of hydrogen-bond donors (Lipinski definition) is 0. The Morgan fingerprint density at radius 3 is 2.61 bits per heavy atom. The summed E-state index contributed by atoms with van der Waals surface area (Å²) in [5, 5.41) is 0. The zero-order valence-corrected chi connectivity index (χ0v) is 19.2. The maximum Gasteiger partial charge on any atom is 0.310 e. The number of benzene rings is 1. The lowest BCUT2D eigenvalue weighted by molar-refractivity contribution is -0.145. The molecule has 1 aromatic rings. The van der Waals surface area contributed by atoms with Gasteiger partial charge < -0.3 is 14.4 Å². The first-order chi connectivity index (χ1) is 15.0. The number of fused-ring (bicyclic) bond motifs is 2. The molecule has 0 bridgehead atoms. The van der Waals surface area contributed by atoms with Crippen LogP contribution in [0.5, 0.6) is 5.75 Å². The monoisotopic (exact) mass is 424 g/mol. The Morgan fingerprint density at radius 2 is 1.90 bits per heavy atom. The molecule has 0 N–H and O–H groups in total. The van der Waals surface area contributed by atoms with Crippen LogP contribution >= 0.6 is 0 Å². The van der Waals surface area contributed by atoms with Crippen molar-refractivity contribution in [2.75, 3.05) is 44.7 Å². The third-order valence-corrected chi connectivity index (χ3v) is 8.44. The lowest BCUT2D eigenvalue weighted by atomic mass is 9.59. The molecular formula is C26H36N2O3. The van der Waals surface area contributed by atoms with E-state index in [1.165, 1.54) is 24.9 Å². The number of rotatable bonds is 4. The number of carbonyl (C=O) groups is 1. The molecule has 2 aliphatic heterocycles. The van der Waals surface area contributed by atoms with Crippen molar-refractivity contribution in [3.63, 3.8) is 0 Å². The minimum absolute atomic E-state index is 0.0318. The molecule has 0 spiro atoms. The quantitative estimate of drug-likeness (QED) is 0.533. The molecule has 0 aromatic heterocycles. The summed E-state index contributed by atoms with van der Waals surface area (Å²) in [6.07, 6.45) is 5.97. The van der Waals surface area contributed by atoms with E-state index in [4.69, 9.17) is 9.47 Å². The van der Waals surface area contributed by atoms with Crippen molar-refractivity contribution in [1.29, 1.82) is 0 Å². The van der Waals surface area contributed by atoms with E-state index in [1.54, 1.807) is 18.3 Å². The Balaban J connectivity index is 1.22. The van der Waals surface area contributed by atoms with E-state index in [2.05, 4.69) is 35.8 Å².